The number of aryl methyl sites for hydroxylation is 1. The maximum atomic E-state index is 11.3. The minimum absolute atomic E-state index is 0.0108. The van der Waals surface area contributed by atoms with E-state index in [4.69, 9.17) is 9.47 Å². The first-order chi connectivity index (χ1) is 19.0. The number of thioether (sulfide) groups is 1. The van der Waals surface area contributed by atoms with Gasteiger partial charge in [-0.3, -0.25) is 4.79 Å². The predicted molar refractivity (Wildman–Crippen MR) is 153 cm³/mol. The van der Waals surface area contributed by atoms with Crippen LogP contribution in [0.4, 0.5) is 0 Å². The normalized spacial score (nSPS) is 19.1. The Morgan fingerprint density at radius 2 is 1.77 bits per heavy atom. The van der Waals surface area contributed by atoms with Gasteiger partial charge in [-0.05, 0) is 46.9 Å². The highest BCUT2D eigenvalue weighted by Crippen LogP contribution is 2.40. The van der Waals surface area contributed by atoms with Gasteiger partial charge >= 0.3 is 0 Å². The van der Waals surface area contributed by atoms with Crippen molar-refractivity contribution in [2.75, 3.05) is 5.75 Å². The van der Waals surface area contributed by atoms with Crippen molar-refractivity contribution in [3.8, 4) is 11.1 Å². The summed E-state index contributed by atoms with van der Waals surface area (Å²) in [6, 6.07) is 24.3. The van der Waals surface area contributed by atoms with Crippen molar-refractivity contribution in [3.63, 3.8) is 0 Å². The van der Waals surface area contributed by atoms with Gasteiger partial charge in [-0.1, -0.05) is 83.8 Å². The van der Waals surface area contributed by atoms with E-state index < -0.39 is 6.29 Å². The van der Waals surface area contributed by atoms with Crippen LogP contribution in [0.15, 0.2) is 77.1 Å². The number of hydrogen-bond acceptors (Lipinski definition) is 8. The van der Waals surface area contributed by atoms with Gasteiger partial charge in [-0.25, -0.2) is 0 Å². The molecule has 3 aromatic carbocycles. The average Bonchev–Trinajstić information content (AvgIpc) is 3.40. The second-order valence-electron chi connectivity index (χ2n) is 9.48. The van der Waals surface area contributed by atoms with Crippen LogP contribution in [0, 0.1) is 6.92 Å². The minimum atomic E-state index is -0.537. The molecule has 0 aliphatic carbocycles. The van der Waals surface area contributed by atoms with Crippen molar-refractivity contribution in [1.82, 2.24) is 15.5 Å². The Hall–Kier alpha value is -3.08. The van der Waals surface area contributed by atoms with Crippen LogP contribution in [0.25, 0.3) is 11.1 Å². The molecule has 7 nitrogen and oxygen atoms in total. The Balaban J connectivity index is 1.38. The SMILES string of the molecule is CC(=O)NCc1cccc(-c2cccc([C@@H]3O[C@H](CSc4nnc(C)s4)C[C@H](c4ccc(CO)cc4)O3)c2)c1. The number of ether oxygens (including phenoxy) is 2. The summed E-state index contributed by atoms with van der Waals surface area (Å²) in [6.07, 6.45) is -0.0245. The van der Waals surface area contributed by atoms with Crippen LogP contribution in [0.3, 0.4) is 0 Å². The molecule has 1 aromatic heterocycles. The Labute approximate surface area is 236 Å². The molecule has 1 amide bonds. The number of aromatic nitrogens is 2. The molecule has 0 radical (unpaired) electrons. The van der Waals surface area contributed by atoms with E-state index in [1.165, 1.54) is 6.92 Å². The van der Waals surface area contributed by atoms with Gasteiger partial charge in [-0.2, -0.15) is 0 Å². The van der Waals surface area contributed by atoms with Crippen LogP contribution in [-0.2, 0) is 27.4 Å². The number of carbonyl (C=O) groups excluding carboxylic acids is 1. The van der Waals surface area contributed by atoms with E-state index in [0.717, 1.165) is 48.5 Å². The van der Waals surface area contributed by atoms with Gasteiger partial charge in [-0.15, -0.1) is 10.2 Å². The van der Waals surface area contributed by atoms with Crippen molar-refractivity contribution in [3.05, 3.63) is 100 Å². The highest BCUT2D eigenvalue weighted by atomic mass is 32.2. The zero-order chi connectivity index (χ0) is 27.2. The predicted octanol–water partition coefficient (Wildman–Crippen LogP) is 5.98. The zero-order valence-electron chi connectivity index (χ0n) is 21.9. The molecule has 2 N–H and O–H groups in total. The van der Waals surface area contributed by atoms with Crippen LogP contribution in [0.5, 0.6) is 0 Å². The first-order valence-corrected chi connectivity index (χ1v) is 14.6. The van der Waals surface area contributed by atoms with Crippen molar-refractivity contribution in [2.24, 2.45) is 0 Å². The van der Waals surface area contributed by atoms with E-state index >= 15 is 0 Å². The Bertz CT molecular complexity index is 1410. The fourth-order valence-corrected chi connectivity index (χ4v) is 6.34. The molecule has 0 unspecified atom stereocenters. The number of aliphatic hydroxyl groups is 1. The molecule has 1 aliphatic heterocycles. The summed E-state index contributed by atoms with van der Waals surface area (Å²) in [5.74, 6) is 0.688. The quantitative estimate of drug-likeness (QED) is 0.243. The summed E-state index contributed by atoms with van der Waals surface area (Å²) < 4.78 is 14.0. The molecule has 0 saturated carbocycles. The van der Waals surface area contributed by atoms with Crippen LogP contribution in [-0.4, -0.2) is 33.1 Å². The van der Waals surface area contributed by atoms with Gasteiger partial charge in [0, 0.05) is 31.2 Å². The third-order valence-electron chi connectivity index (χ3n) is 6.48. The zero-order valence-corrected chi connectivity index (χ0v) is 23.5. The molecular formula is C30H31N3O4S2. The first-order valence-electron chi connectivity index (χ1n) is 12.8. The van der Waals surface area contributed by atoms with Crippen molar-refractivity contribution in [1.29, 1.82) is 0 Å². The molecule has 5 rings (SSSR count). The topological polar surface area (TPSA) is 93.6 Å². The molecule has 3 atom stereocenters. The third-order valence-corrected chi connectivity index (χ3v) is 8.58. The Morgan fingerprint density at radius 3 is 2.49 bits per heavy atom. The van der Waals surface area contributed by atoms with Crippen LogP contribution in [0.2, 0.25) is 0 Å². The molecule has 0 spiro atoms. The lowest BCUT2D eigenvalue weighted by molar-refractivity contribution is -0.245. The fourth-order valence-electron chi connectivity index (χ4n) is 4.48. The highest BCUT2D eigenvalue weighted by Gasteiger charge is 2.32. The summed E-state index contributed by atoms with van der Waals surface area (Å²) in [5, 5.41) is 21.6. The standard InChI is InChI=1S/C30H31N3O4S2/c1-19(35)31-16-22-5-3-6-24(13-22)25-7-4-8-26(14-25)29-36-27(18-38-30-33-32-20(2)39-30)15-28(37-29)23-11-9-21(17-34)10-12-23/h3-14,27-29,34H,15-18H2,1-2H3,(H,31,35)/t27-,28+,29+/m0/s1. The van der Waals surface area contributed by atoms with Crippen LogP contribution >= 0.6 is 23.1 Å². The van der Waals surface area contributed by atoms with Gasteiger partial charge in [0.15, 0.2) is 10.6 Å². The lowest BCUT2D eigenvalue weighted by atomic mass is 9.99. The molecule has 4 aromatic rings. The molecular weight excluding hydrogens is 530 g/mol. The smallest absolute Gasteiger partial charge is 0.217 e. The second-order valence-corrected chi connectivity index (χ2v) is 11.9. The maximum absolute atomic E-state index is 11.3. The number of aliphatic hydroxyl groups excluding tert-OH is 1. The van der Waals surface area contributed by atoms with Crippen molar-refractivity contribution >= 4 is 29.0 Å². The number of benzene rings is 3. The van der Waals surface area contributed by atoms with Crippen LogP contribution in [0.1, 0.15) is 53.0 Å². The monoisotopic (exact) mass is 561 g/mol. The minimum Gasteiger partial charge on any atom is -0.392 e. The second kappa shape index (κ2) is 12.8. The van der Waals surface area contributed by atoms with E-state index in [1.54, 1.807) is 23.1 Å². The number of hydrogen-bond donors (Lipinski definition) is 2. The summed E-state index contributed by atoms with van der Waals surface area (Å²) in [5.41, 5.74) is 6.02. The molecule has 39 heavy (non-hydrogen) atoms. The molecule has 2 heterocycles. The number of amides is 1. The maximum Gasteiger partial charge on any atom is 0.217 e. The van der Waals surface area contributed by atoms with Crippen molar-refractivity contribution in [2.45, 2.75) is 56.3 Å². The fraction of sp³-hybridized carbons (Fsp3) is 0.300. The van der Waals surface area contributed by atoms with E-state index in [9.17, 15) is 9.90 Å². The average molecular weight is 562 g/mol. The molecule has 202 valence electrons. The van der Waals surface area contributed by atoms with E-state index in [-0.39, 0.29) is 24.7 Å². The molecule has 1 saturated heterocycles. The summed E-state index contributed by atoms with van der Waals surface area (Å²) in [4.78, 5) is 11.3. The third kappa shape index (κ3) is 7.32. The van der Waals surface area contributed by atoms with E-state index in [1.807, 2.05) is 55.5 Å². The van der Waals surface area contributed by atoms with Crippen LogP contribution < -0.4 is 5.32 Å². The molecule has 1 aliphatic rings. The number of rotatable bonds is 9. The van der Waals surface area contributed by atoms with Gasteiger partial charge in [0.05, 0.1) is 18.8 Å². The van der Waals surface area contributed by atoms with E-state index in [2.05, 4.69) is 39.8 Å². The van der Waals surface area contributed by atoms with Gasteiger partial charge < -0.3 is 19.9 Å². The highest BCUT2D eigenvalue weighted by molar-refractivity contribution is 8.01. The number of carbonyl (C=O) groups is 1. The van der Waals surface area contributed by atoms with Gasteiger partial charge in [0.2, 0.25) is 5.91 Å². The molecule has 9 heteroatoms. The lowest BCUT2D eigenvalue weighted by Crippen LogP contribution is -2.31. The Kier molecular flexibility index (Phi) is 9.06. The number of nitrogens with zero attached hydrogens (tertiary/aromatic N) is 2. The van der Waals surface area contributed by atoms with Gasteiger partial charge in [0.1, 0.15) is 5.01 Å². The lowest BCUT2D eigenvalue weighted by Gasteiger charge is -2.36. The number of nitrogens with one attached hydrogen (secondary N) is 1. The first kappa shape index (κ1) is 27.5. The van der Waals surface area contributed by atoms with Crippen molar-refractivity contribution < 1.29 is 19.4 Å². The summed E-state index contributed by atoms with van der Waals surface area (Å²) >= 11 is 3.25. The van der Waals surface area contributed by atoms with Gasteiger partial charge in [0.25, 0.3) is 0 Å². The summed E-state index contributed by atoms with van der Waals surface area (Å²) in [7, 11) is 0. The van der Waals surface area contributed by atoms with E-state index in [0.29, 0.717) is 13.0 Å². The summed E-state index contributed by atoms with van der Waals surface area (Å²) in [6.45, 7) is 3.97. The largest absolute Gasteiger partial charge is 0.392 e. The molecule has 1 fully saturated rings. The Morgan fingerprint density at radius 1 is 1.00 bits per heavy atom. The molecule has 0 bridgehead atoms.